The molecule has 2 atom stereocenters. The molecule has 0 aliphatic carbocycles. The summed E-state index contributed by atoms with van der Waals surface area (Å²) in [5.74, 6) is -4.39. The number of amides is 5. The Hall–Kier alpha value is -4.41. The van der Waals surface area contributed by atoms with Crippen molar-refractivity contribution in [2.45, 2.75) is 45.1 Å². The maximum absolute atomic E-state index is 13.1. The van der Waals surface area contributed by atoms with Gasteiger partial charge in [0, 0.05) is 39.3 Å². The van der Waals surface area contributed by atoms with Crippen LogP contribution >= 0.6 is 0 Å². The number of ether oxygens (including phenoxy) is 4. The minimum absolute atomic E-state index is 0.0276. The molecule has 2 aliphatic heterocycles. The van der Waals surface area contributed by atoms with Crippen LogP contribution in [0.1, 0.15) is 59.7 Å². The largest absolute Gasteiger partial charge is 0.483 e. The summed E-state index contributed by atoms with van der Waals surface area (Å²) < 4.78 is 21.9. The number of fused-ring (bicyclic) bond motifs is 1. The lowest BCUT2D eigenvalue weighted by molar-refractivity contribution is -0.141. The highest BCUT2D eigenvalue weighted by molar-refractivity contribution is 6.24. The molecule has 1 aromatic rings. The van der Waals surface area contributed by atoms with Crippen molar-refractivity contribution in [1.29, 1.82) is 0 Å². The van der Waals surface area contributed by atoms with Crippen LogP contribution in [0.4, 0.5) is 0 Å². The van der Waals surface area contributed by atoms with Crippen LogP contribution in [0.25, 0.3) is 0 Å². The Morgan fingerprint density at radius 2 is 1.53 bits per heavy atom. The highest BCUT2D eigenvalue weighted by Gasteiger charge is 2.45. The topological polar surface area (TPSA) is 216 Å². The number of imide groups is 1. The Kier molecular flexibility index (Phi) is 15.2. The highest BCUT2D eigenvalue weighted by atomic mass is 16.5. The summed E-state index contributed by atoms with van der Waals surface area (Å²) in [6.07, 6.45) is 1.24. The Balaban J connectivity index is 1.18. The van der Waals surface area contributed by atoms with Gasteiger partial charge < -0.3 is 40.0 Å². The fourth-order valence-electron chi connectivity index (χ4n) is 4.67. The number of nitrogens with zero attached hydrogens (tertiary/aromatic N) is 1. The van der Waals surface area contributed by atoms with Crippen LogP contribution in [-0.2, 0) is 38.2 Å². The molecule has 0 spiro atoms. The van der Waals surface area contributed by atoms with Crippen LogP contribution in [-0.4, -0.2) is 123 Å². The van der Waals surface area contributed by atoms with E-state index in [4.69, 9.17) is 24.1 Å². The van der Waals surface area contributed by atoms with Crippen molar-refractivity contribution in [3.63, 3.8) is 0 Å². The fraction of sp³-hybridized carbons (Fsp3) is 0.581. The van der Waals surface area contributed by atoms with E-state index >= 15 is 0 Å². The second-order valence-electron chi connectivity index (χ2n) is 10.9. The number of rotatable bonds is 22. The van der Waals surface area contributed by atoms with E-state index in [9.17, 15) is 33.6 Å². The van der Waals surface area contributed by atoms with Gasteiger partial charge >= 0.3 is 5.97 Å². The number of Topliss-reactive ketones (excluding diaryl/α,β-unsaturated/α-hetero) is 1. The normalized spacial score (nSPS) is 16.4. The second kappa shape index (κ2) is 19.3. The summed E-state index contributed by atoms with van der Waals surface area (Å²) in [4.78, 5) is 85.3. The van der Waals surface area contributed by atoms with Gasteiger partial charge in [-0.3, -0.25) is 38.5 Å². The molecule has 258 valence electrons. The molecule has 0 aromatic heterocycles. The molecule has 3 rings (SSSR count). The van der Waals surface area contributed by atoms with Gasteiger partial charge in [-0.2, -0.15) is 0 Å². The van der Waals surface area contributed by atoms with Gasteiger partial charge in [0.25, 0.3) is 17.7 Å². The maximum Gasteiger partial charge on any atom is 0.306 e. The van der Waals surface area contributed by atoms with E-state index in [-0.39, 0.29) is 35.7 Å². The van der Waals surface area contributed by atoms with Gasteiger partial charge in [0.1, 0.15) is 11.8 Å². The molecule has 4 N–H and O–H groups in total. The molecule has 2 unspecified atom stereocenters. The molecule has 0 radical (unpaired) electrons. The van der Waals surface area contributed by atoms with E-state index in [1.807, 2.05) is 0 Å². The zero-order chi connectivity index (χ0) is 34.2. The van der Waals surface area contributed by atoms with Gasteiger partial charge in [0.2, 0.25) is 11.8 Å². The first-order valence-corrected chi connectivity index (χ1v) is 15.5. The Morgan fingerprint density at radius 1 is 0.915 bits per heavy atom. The van der Waals surface area contributed by atoms with E-state index < -0.39 is 60.4 Å². The van der Waals surface area contributed by atoms with Crippen LogP contribution in [0.5, 0.6) is 5.75 Å². The number of carboxylic acid groups (broad SMARTS) is 1. The van der Waals surface area contributed by atoms with Crippen LogP contribution in [0.2, 0.25) is 0 Å². The maximum atomic E-state index is 13.1. The number of ketones is 1. The van der Waals surface area contributed by atoms with Crippen molar-refractivity contribution < 1.29 is 57.6 Å². The summed E-state index contributed by atoms with van der Waals surface area (Å²) >= 11 is 0. The molecular formula is C31H42N4O12. The summed E-state index contributed by atoms with van der Waals surface area (Å²) in [6, 6.07) is 3.32. The quantitative estimate of drug-likeness (QED) is 0.0714. The monoisotopic (exact) mass is 662 g/mol. The fourth-order valence-corrected chi connectivity index (χ4v) is 4.67. The van der Waals surface area contributed by atoms with E-state index in [0.717, 1.165) is 4.90 Å². The van der Waals surface area contributed by atoms with Gasteiger partial charge in [-0.05, 0) is 31.4 Å². The molecule has 16 heteroatoms. The van der Waals surface area contributed by atoms with Crippen molar-refractivity contribution >= 4 is 41.3 Å². The number of hydrogen-bond acceptors (Lipinski definition) is 11. The van der Waals surface area contributed by atoms with Crippen LogP contribution in [0.3, 0.4) is 0 Å². The standard InChI is InChI=1S/C31H42N4O12/c1-20(31(42)43)7-8-25(37)32-9-3-11-44-13-15-46-16-14-45-12-4-10-33-27(39)19-47-24-6-2-5-21-28(24)30(41)35(29(21)40)22-18-34-26(38)17-23(22)36/h2,5-6,20,22H,3-4,7-19H2,1H3,(H,32,37)(H,33,39)(H,34,38)(H,42,43). The number of piperidine rings is 1. The summed E-state index contributed by atoms with van der Waals surface area (Å²) in [5.41, 5.74) is 0.0345. The Labute approximate surface area is 271 Å². The van der Waals surface area contributed by atoms with Crippen molar-refractivity contribution in [2.24, 2.45) is 5.92 Å². The van der Waals surface area contributed by atoms with E-state index in [1.54, 1.807) is 6.92 Å². The zero-order valence-corrected chi connectivity index (χ0v) is 26.4. The first-order chi connectivity index (χ1) is 22.6. The lowest BCUT2D eigenvalue weighted by Crippen LogP contribution is -2.55. The number of hydrogen-bond donors (Lipinski definition) is 4. The van der Waals surface area contributed by atoms with E-state index in [1.165, 1.54) is 18.2 Å². The van der Waals surface area contributed by atoms with Gasteiger partial charge in [-0.1, -0.05) is 13.0 Å². The first kappa shape index (κ1) is 37.1. The molecule has 0 saturated carbocycles. The number of nitrogens with one attached hydrogen (secondary N) is 3. The average molecular weight is 663 g/mol. The lowest BCUT2D eigenvalue weighted by atomic mass is 10.0. The predicted molar refractivity (Wildman–Crippen MR) is 163 cm³/mol. The molecule has 2 aliphatic rings. The van der Waals surface area contributed by atoms with Crippen molar-refractivity contribution in [1.82, 2.24) is 20.9 Å². The molecule has 47 heavy (non-hydrogen) atoms. The van der Waals surface area contributed by atoms with E-state index in [2.05, 4.69) is 16.0 Å². The molecule has 2 heterocycles. The second-order valence-corrected chi connectivity index (χ2v) is 10.9. The molecule has 1 saturated heterocycles. The van der Waals surface area contributed by atoms with Gasteiger partial charge in [0.15, 0.2) is 12.4 Å². The van der Waals surface area contributed by atoms with Gasteiger partial charge in [0.05, 0.1) is 49.9 Å². The number of aliphatic carboxylic acids is 1. The first-order valence-electron chi connectivity index (χ1n) is 15.5. The van der Waals surface area contributed by atoms with Gasteiger partial charge in [-0.25, -0.2) is 0 Å². The SMILES string of the molecule is CC(CCC(=O)NCCCOCCOCCOCCCNC(=O)COc1cccc2c1C(=O)N(C1CNC(=O)CC1=O)C2=O)C(=O)O. The predicted octanol–water partition coefficient (Wildman–Crippen LogP) is -0.318. The van der Waals surface area contributed by atoms with Crippen LogP contribution < -0.4 is 20.7 Å². The Bertz CT molecular complexity index is 1300. The smallest absolute Gasteiger partial charge is 0.306 e. The average Bonchev–Trinajstić information content (AvgIpc) is 3.30. The summed E-state index contributed by atoms with van der Waals surface area (Å²) in [6.45, 7) is 4.17. The van der Waals surface area contributed by atoms with Crippen molar-refractivity contribution in [3.8, 4) is 5.75 Å². The Morgan fingerprint density at radius 3 is 2.15 bits per heavy atom. The number of carbonyl (C=O) groups is 7. The summed E-state index contributed by atoms with van der Waals surface area (Å²) in [7, 11) is 0. The molecule has 0 bridgehead atoms. The van der Waals surface area contributed by atoms with E-state index in [0.29, 0.717) is 72.0 Å². The molecular weight excluding hydrogens is 620 g/mol. The molecule has 1 aromatic carbocycles. The third-order valence-corrected chi connectivity index (χ3v) is 7.32. The highest BCUT2D eigenvalue weighted by Crippen LogP contribution is 2.32. The summed E-state index contributed by atoms with van der Waals surface area (Å²) in [5, 5.41) is 16.7. The molecule has 5 amide bonds. The number of benzene rings is 1. The van der Waals surface area contributed by atoms with Gasteiger partial charge in [-0.15, -0.1) is 0 Å². The number of carboxylic acids is 1. The minimum Gasteiger partial charge on any atom is -0.483 e. The van der Waals surface area contributed by atoms with Crippen molar-refractivity contribution in [2.75, 3.05) is 65.9 Å². The zero-order valence-electron chi connectivity index (χ0n) is 26.4. The third kappa shape index (κ3) is 11.7. The lowest BCUT2D eigenvalue weighted by Gasteiger charge is -2.28. The van der Waals surface area contributed by atoms with Crippen molar-refractivity contribution in [3.05, 3.63) is 29.3 Å². The number of carbonyl (C=O) groups excluding carboxylic acids is 6. The molecule has 16 nitrogen and oxygen atoms in total. The van der Waals surface area contributed by atoms with Crippen LogP contribution in [0.15, 0.2) is 18.2 Å². The minimum atomic E-state index is -1.10. The molecule has 1 fully saturated rings. The third-order valence-electron chi connectivity index (χ3n) is 7.32. The van der Waals surface area contributed by atoms with Crippen LogP contribution in [0, 0.1) is 5.92 Å².